The third-order valence-corrected chi connectivity index (χ3v) is 2.63. The number of hydrogen-bond donors (Lipinski definition) is 1. The van der Waals surface area contributed by atoms with Crippen LogP contribution >= 0.6 is 12.2 Å². The molecule has 0 saturated carbocycles. The maximum atomic E-state index is 12.3. The molecule has 1 aromatic heterocycles. The maximum absolute atomic E-state index is 12.3. The molecule has 0 unspecified atom stereocenters. The minimum atomic E-state index is 0.00218. The number of amides is 1. The SMILES string of the molecule is CC(C)CN(CCC(N)=S)C(=O)c1ccncc1. The van der Waals surface area contributed by atoms with Gasteiger partial charge in [-0.25, -0.2) is 0 Å². The van der Waals surface area contributed by atoms with Gasteiger partial charge in [0.05, 0.1) is 4.99 Å². The number of hydrogen-bond acceptors (Lipinski definition) is 3. The second-order valence-electron chi connectivity index (χ2n) is 4.60. The molecule has 0 aliphatic heterocycles. The largest absolute Gasteiger partial charge is 0.393 e. The zero-order chi connectivity index (χ0) is 13.5. The second-order valence-corrected chi connectivity index (χ2v) is 5.12. The molecular formula is C13H19N3OS. The highest BCUT2D eigenvalue weighted by Gasteiger charge is 2.16. The summed E-state index contributed by atoms with van der Waals surface area (Å²) in [6.45, 7) is 5.42. The number of carbonyl (C=O) groups is 1. The van der Waals surface area contributed by atoms with Crippen LogP contribution in [-0.4, -0.2) is 33.9 Å². The quantitative estimate of drug-likeness (QED) is 0.798. The van der Waals surface area contributed by atoms with Crippen LogP contribution in [-0.2, 0) is 0 Å². The molecule has 1 amide bonds. The lowest BCUT2D eigenvalue weighted by atomic mass is 10.1. The Morgan fingerprint density at radius 2 is 2.06 bits per heavy atom. The Morgan fingerprint density at radius 3 is 2.56 bits per heavy atom. The van der Waals surface area contributed by atoms with Crippen LogP contribution in [0.5, 0.6) is 0 Å². The summed E-state index contributed by atoms with van der Waals surface area (Å²) >= 11 is 4.86. The second kappa shape index (κ2) is 7.06. The van der Waals surface area contributed by atoms with Crippen LogP contribution < -0.4 is 5.73 Å². The molecule has 2 N–H and O–H groups in total. The Hall–Kier alpha value is -1.49. The molecule has 1 aromatic rings. The van der Waals surface area contributed by atoms with E-state index >= 15 is 0 Å². The summed E-state index contributed by atoms with van der Waals surface area (Å²) in [5.41, 5.74) is 6.14. The summed E-state index contributed by atoms with van der Waals surface area (Å²) in [6, 6.07) is 3.44. The first-order chi connectivity index (χ1) is 8.50. The van der Waals surface area contributed by atoms with Crippen LogP contribution in [0.3, 0.4) is 0 Å². The Balaban J connectivity index is 2.75. The first-order valence-electron chi connectivity index (χ1n) is 5.98. The lowest BCUT2D eigenvalue weighted by molar-refractivity contribution is 0.0741. The number of thiocarbonyl (C=S) groups is 1. The van der Waals surface area contributed by atoms with Crippen LogP contribution in [0.25, 0.3) is 0 Å². The first-order valence-corrected chi connectivity index (χ1v) is 6.39. The molecule has 0 spiro atoms. The third-order valence-electron chi connectivity index (χ3n) is 2.43. The van der Waals surface area contributed by atoms with Crippen LogP contribution in [0.4, 0.5) is 0 Å². The summed E-state index contributed by atoms with van der Waals surface area (Å²) in [4.78, 5) is 18.4. The van der Waals surface area contributed by atoms with Gasteiger partial charge in [-0.2, -0.15) is 0 Å². The van der Waals surface area contributed by atoms with Crippen LogP contribution in [0, 0.1) is 5.92 Å². The molecule has 4 nitrogen and oxygen atoms in total. The van der Waals surface area contributed by atoms with Crippen molar-refractivity contribution < 1.29 is 4.79 Å². The highest BCUT2D eigenvalue weighted by Crippen LogP contribution is 2.07. The van der Waals surface area contributed by atoms with Crippen LogP contribution in [0.1, 0.15) is 30.6 Å². The normalized spacial score (nSPS) is 10.4. The molecule has 5 heteroatoms. The summed E-state index contributed by atoms with van der Waals surface area (Å²) in [6.07, 6.45) is 3.79. The summed E-state index contributed by atoms with van der Waals surface area (Å²) in [7, 11) is 0. The van der Waals surface area contributed by atoms with Crippen molar-refractivity contribution in [3.05, 3.63) is 30.1 Å². The molecule has 0 radical (unpaired) electrons. The highest BCUT2D eigenvalue weighted by atomic mass is 32.1. The number of rotatable bonds is 6. The van der Waals surface area contributed by atoms with E-state index in [1.165, 1.54) is 0 Å². The number of nitrogens with zero attached hydrogens (tertiary/aromatic N) is 2. The molecule has 0 aliphatic rings. The average Bonchev–Trinajstić information content (AvgIpc) is 2.34. The Morgan fingerprint density at radius 1 is 1.44 bits per heavy atom. The molecule has 0 aliphatic carbocycles. The van der Waals surface area contributed by atoms with Gasteiger partial charge in [0.1, 0.15) is 0 Å². The molecule has 1 heterocycles. The van der Waals surface area contributed by atoms with E-state index in [-0.39, 0.29) is 5.91 Å². The van der Waals surface area contributed by atoms with Crippen molar-refractivity contribution >= 4 is 23.1 Å². The van der Waals surface area contributed by atoms with Gasteiger partial charge in [-0.05, 0) is 18.1 Å². The van der Waals surface area contributed by atoms with Crippen LogP contribution in [0.2, 0.25) is 0 Å². The molecule has 98 valence electrons. The molecule has 0 atom stereocenters. The van der Waals surface area contributed by atoms with Gasteiger partial charge in [0.2, 0.25) is 0 Å². The standard InChI is InChI=1S/C13H19N3OS/c1-10(2)9-16(8-5-12(14)18)13(17)11-3-6-15-7-4-11/h3-4,6-7,10H,5,8-9H2,1-2H3,(H2,14,18). The fourth-order valence-electron chi connectivity index (χ4n) is 1.64. The zero-order valence-electron chi connectivity index (χ0n) is 10.8. The van der Waals surface area contributed by atoms with Crippen LogP contribution in [0.15, 0.2) is 24.5 Å². The molecule has 0 bridgehead atoms. The predicted molar refractivity (Wildman–Crippen MR) is 76.4 cm³/mol. The lowest BCUT2D eigenvalue weighted by Crippen LogP contribution is -2.36. The number of aromatic nitrogens is 1. The Bertz CT molecular complexity index is 406. The summed E-state index contributed by atoms with van der Waals surface area (Å²) < 4.78 is 0. The average molecular weight is 265 g/mol. The minimum Gasteiger partial charge on any atom is -0.393 e. The van der Waals surface area contributed by atoms with Crippen molar-refractivity contribution in [3.8, 4) is 0 Å². The van der Waals surface area contributed by atoms with E-state index in [1.807, 2.05) is 0 Å². The van der Waals surface area contributed by atoms with E-state index in [0.717, 1.165) is 0 Å². The third kappa shape index (κ3) is 4.79. The van der Waals surface area contributed by atoms with E-state index in [2.05, 4.69) is 18.8 Å². The number of nitrogens with two attached hydrogens (primary N) is 1. The Labute approximate surface area is 113 Å². The molecular weight excluding hydrogens is 246 g/mol. The van der Waals surface area contributed by atoms with Gasteiger partial charge in [-0.15, -0.1) is 0 Å². The molecule has 0 saturated heterocycles. The molecule has 0 aromatic carbocycles. The first kappa shape index (κ1) is 14.6. The van der Waals surface area contributed by atoms with Gasteiger partial charge < -0.3 is 10.6 Å². The monoisotopic (exact) mass is 265 g/mol. The predicted octanol–water partition coefficient (Wildman–Crippen LogP) is 1.86. The minimum absolute atomic E-state index is 0.00218. The van der Waals surface area contributed by atoms with Gasteiger partial charge in [0.15, 0.2) is 0 Å². The van der Waals surface area contributed by atoms with E-state index in [9.17, 15) is 4.79 Å². The smallest absolute Gasteiger partial charge is 0.253 e. The summed E-state index contributed by atoms with van der Waals surface area (Å²) in [5, 5.41) is 0. The number of pyridine rings is 1. The van der Waals surface area contributed by atoms with E-state index in [1.54, 1.807) is 29.4 Å². The highest BCUT2D eigenvalue weighted by molar-refractivity contribution is 7.80. The molecule has 0 fully saturated rings. The van der Waals surface area contributed by atoms with Crippen molar-refractivity contribution in [1.82, 2.24) is 9.88 Å². The van der Waals surface area contributed by atoms with E-state index < -0.39 is 0 Å². The van der Waals surface area contributed by atoms with Gasteiger partial charge in [-0.3, -0.25) is 9.78 Å². The van der Waals surface area contributed by atoms with Gasteiger partial charge in [0.25, 0.3) is 5.91 Å². The fraction of sp³-hybridized carbons (Fsp3) is 0.462. The van der Waals surface area contributed by atoms with Gasteiger partial charge in [0, 0.05) is 37.5 Å². The molecule has 1 rings (SSSR count). The zero-order valence-corrected chi connectivity index (χ0v) is 11.6. The Kier molecular flexibility index (Phi) is 5.71. The topological polar surface area (TPSA) is 59.2 Å². The lowest BCUT2D eigenvalue weighted by Gasteiger charge is -2.24. The van der Waals surface area contributed by atoms with Crippen molar-refractivity contribution in [2.75, 3.05) is 13.1 Å². The molecule has 18 heavy (non-hydrogen) atoms. The van der Waals surface area contributed by atoms with E-state index in [0.29, 0.717) is 36.0 Å². The maximum Gasteiger partial charge on any atom is 0.253 e. The number of carbonyl (C=O) groups excluding carboxylic acids is 1. The van der Waals surface area contributed by atoms with Gasteiger partial charge >= 0.3 is 0 Å². The van der Waals surface area contributed by atoms with E-state index in [4.69, 9.17) is 18.0 Å². The van der Waals surface area contributed by atoms with Crippen molar-refractivity contribution in [1.29, 1.82) is 0 Å². The van der Waals surface area contributed by atoms with Crippen molar-refractivity contribution in [2.24, 2.45) is 11.7 Å². The van der Waals surface area contributed by atoms with Crippen molar-refractivity contribution in [3.63, 3.8) is 0 Å². The van der Waals surface area contributed by atoms with Crippen molar-refractivity contribution in [2.45, 2.75) is 20.3 Å². The van der Waals surface area contributed by atoms with Gasteiger partial charge in [-0.1, -0.05) is 26.1 Å². The summed E-state index contributed by atoms with van der Waals surface area (Å²) in [5.74, 6) is 0.407. The fourth-order valence-corrected chi connectivity index (χ4v) is 1.73.